The Bertz CT molecular complexity index is 866. The van der Waals surface area contributed by atoms with Gasteiger partial charge in [-0.3, -0.25) is 4.90 Å². The molecule has 2 fully saturated rings. The fraction of sp³-hybridized carbons (Fsp3) is 0.571. The number of carbonyl (C=O) groups is 1. The number of para-hydroxylation sites is 1. The summed E-state index contributed by atoms with van der Waals surface area (Å²) in [7, 11) is 0. The molecule has 3 N–H and O–H groups in total. The van der Waals surface area contributed by atoms with Gasteiger partial charge in [-0.1, -0.05) is 18.2 Å². The second kappa shape index (κ2) is 7.06. The topological polar surface area (TPSA) is 80.8 Å². The van der Waals surface area contributed by atoms with Crippen LogP contribution in [0, 0.1) is 0 Å². The van der Waals surface area contributed by atoms with Gasteiger partial charge in [0.25, 0.3) is 0 Å². The maximum absolute atomic E-state index is 11.4. The van der Waals surface area contributed by atoms with Crippen molar-refractivity contribution in [1.29, 1.82) is 0 Å². The van der Waals surface area contributed by atoms with E-state index in [9.17, 15) is 9.90 Å². The van der Waals surface area contributed by atoms with Crippen LogP contribution in [0.5, 0.6) is 0 Å². The van der Waals surface area contributed by atoms with Crippen molar-refractivity contribution in [2.45, 2.75) is 24.3 Å². The quantitative estimate of drug-likeness (QED) is 0.739. The molecule has 0 radical (unpaired) electrons. The Morgan fingerprint density at radius 1 is 1.18 bits per heavy atom. The first kappa shape index (κ1) is 18.0. The summed E-state index contributed by atoms with van der Waals surface area (Å²) in [5, 5.41) is 14.5. The molecule has 0 bridgehead atoms. The van der Waals surface area contributed by atoms with E-state index < -0.39 is 6.09 Å². The second-order valence-electron chi connectivity index (χ2n) is 8.36. The van der Waals surface area contributed by atoms with Crippen molar-refractivity contribution >= 4 is 17.0 Å². The molecule has 2 saturated heterocycles. The molecule has 3 aliphatic heterocycles. The lowest BCUT2D eigenvalue weighted by Crippen LogP contribution is -2.54. The number of benzene rings is 1. The normalized spacial score (nSPS) is 25.1. The number of ether oxygens (including phenoxy) is 1. The van der Waals surface area contributed by atoms with Crippen molar-refractivity contribution in [1.82, 2.24) is 20.1 Å². The van der Waals surface area contributed by atoms with Gasteiger partial charge >= 0.3 is 6.09 Å². The number of rotatable bonds is 2. The number of nitrogens with one attached hydrogen (secondary N) is 2. The Labute approximate surface area is 164 Å². The zero-order valence-corrected chi connectivity index (χ0v) is 16.1. The maximum atomic E-state index is 11.4. The lowest BCUT2D eigenvalue weighted by molar-refractivity contribution is 0.0314. The molecule has 28 heavy (non-hydrogen) atoms. The molecule has 1 atom stereocenters. The molecule has 4 heterocycles. The van der Waals surface area contributed by atoms with Gasteiger partial charge < -0.3 is 25.0 Å². The third kappa shape index (κ3) is 2.98. The zero-order valence-electron chi connectivity index (χ0n) is 16.1. The van der Waals surface area contributed by atoms with Crippen LogP contribution in [0.2, 0.25) is 0 Å². The standard InChI is InChI=1S/C21H28N4O3/c26-20(27)25-7-5-21(6-8-25)14-22-17(13-24-9-11-28-12-10-24)19-18(21)15-3-1-2-4-16(15)23-19/h1-4,17,22-23H,5-14H2,(H,26,27). The summed E-state index contributed by atoms with van der Waals surface area (Å²) >= 11 is 0. The van der Waals surface area contributed by atoms with Crippen molar-refractivity contribution in [3.8, 4) is 0 Å². The predicted octanol–water partition coefficient (Wildman–Crippen LogP) is 2.16. The Morgan fingerprint density at radius 3 is 2.68 bits per heavy atom. The minimum absolute atomic E-state index is 0.00238. The molecule has 0 saturated carbocycles. The second-order valence-corrected chi connectivity index (χ2v) is 8.36. The summed E-state index contributed by atoms with van der Waals surface area (Å²) in [6, 6.07) is 8.82. The molecule has 2 aromatic rings. The van der Waals surface area contributed by atoms with E-state index >= 15 is 0 Å². The number of aromatic nitrogens is 1. The minimum Gasteiger partial charge on any atom is -0.465 e. The summed E-state index contributed by atoms with van der Waals surface area (Å²) in [6.07, 6.45) is 0.930. The highest BCUT2D eigenvalue weighted by molar-refractivity contribution is 5.86. The van der Waals surface area contributed by atoms with Crippen LogP contribution >= 0.6 is 0 Å². The van der Waals surface area contributed by atoms with Crippen LogP contribution in [0.25, 0.3) is 10.9 Å². The van der Waals surface area contributed by atoms with Crippen molar-refractivity contribution in [2.75, 3.05) is 52.5 Å². The number of hydrogen-bond acceptors (Lipinski definition) is 4. The first-order chi connectivity index (χ1) is 13.7. The first-order valence-corrected chi connectivity index (χ1v) is 10.3. The molecule has 1 aromatic carbocycles. The van der Waals surface area contributed by atoms with Crippen LogP contribution in [0.4, 0.5) is 4.79 Å². The van der Waals surface area contributed by atoms with Gasteiger partial charge in [-0.2, -0.15) is 0 Å². The summed E-state index contributed by atoms with van der Waals surface area (Å²) in [4.78, 5) is 19.1. The van der Waals surface area contributed by atoms with Crippen molar-refractivity contribution in [3.63, 3.8) is 0 Å². The smallest absolute Gasteiger partial charge is 0.407 e. The van der Waals surface area contributed by atoms with E-state index in [1.54, 1.807) is 4.90 Å². The first-order valence-electron chi connectivity index (χ1n) is 10.3. The average Bonchev–Trinajstić information content (AvgIpc) is 3.12. The van der Waals surface area contributed by atoms with Gasteiger partial charge in [-0.05, 0) is 24.5 Å². The Hall–Kier alpha value is -2.09. The largest absolute Gasteiger partial charge is 0.465 e. The predicted molar refractivity (Wildman–Crippen MR) is 107 cm³/mol. The van der Waals surface area contributed by atoms with E-state index in [1.807, 2.05) is 0 Å². The number of amides is 1. The summed E-state index contributed by atoms with van der Waals surface area (Å²) in [6.45, 7) is 6.65. The highest BCUT2D eigenvalue weighted by Gasteiger charge is 2.45. The van der Waals surface area contributed by atoms with Crippen molar-refractivity contribution in [2.24, 2.45) is 0 Å². The maximum Gasteiger partial charge on any atom is 0.407 e. The molecule has 150 valence electrons. The van der Waals surface area contributed by atoms with E-state index in [-0.39, 0.29) is 11.5 Å². The van der Waals surface area contributed by atoms with E-state index in [1.165, 1.54) is 22.2 Å². The third-order valence-electron chi connectivity index (χ3n) is 6.84. The van der Waals surface area contributed by atoms with Crippen LogP contribution in [0.15, 0.2) is 24.3 Å². The summed E-state index contributed by atoms with van der Waals surface area (Å²) in [5.41, 5.74) is 3.90. The van der Waals surface area contributed by atoms with Crippen LogP contribution < -0.4 is 5.32 Å². The van der Waals surface area contributed by atoms with Crippen molar-refractivity contribution < 1.29 is 14.6 Å². The van der Waals surface area contributed by atoms with Gasteiger partial charge in [0.05, 0.1) is 19.3 Å². The zero-order chi connectivity index (χ0) is 19.1. The van der Waals surface area contributed by atoms with Crippen LogP contribution in [0.1, 0.15) is 30.1 Å². The van der Waals surface area contributed by atoms with E-state index in [2.05, 4.69) is 39.5 Å². The fourth-order valence-electron chi connectivity index (χ4n) is 5.26. The Morgan fingerprint density at radius 2 is 1.93 bits per heavy atom. The van der Waals surface area contributed by atoms with Gasteiger partial charge in [0.15, 0.2) is 0 Å². The van der Waals surface area contributed by atoms with E-state index in [0.29, 0.717) is 13.1 Å². The number of fused-ring (bicyclic) bond motifs is 4. The minimum atomic E-state index is -0.803. The monoisotopic (exact) mass is 384 g/mol. The van der Waals surface area contributed by atoms with Crippen LogP contribution in [0.3, 0.4) is 0 Å². The highest BCUT2D eigenvalue weighted by atomic mass is 16.5. The van der Waals surface area contributed by atoms with Gasteiger partial charge in [-0.15, -0.1) is 0 Å². The molecule has 1 amide bonds. The Balaban J connectivity index is 1.50. The average molecular weight is 384 g/mol. The van der Waals surface area contributed by atoms with E-state index in [4.69, 9.17) is 4.74 Å². The lowest BCUT2D eigenvalue weighted by atomic mass is 9.69. The highest BCUT2D eigenvalue weighted by Crippen LogP contribution is 2.45. The number of nitrogens with zero attached hydrogens (tertiary/aromatic N) is 2. The lowest BCUT2D eigenvalue weighted by Gasteiger charge is -2.46. The van der Waals surface area contributed by atoms with E-state index in [0.717, 1.165) is 52.2 Å². The molecule has 1 unspecified atom stereocenters. The molecule has 5 rings (SSSR count). The van der Waals surface area contributed by atoms with Crippen LogP contribution in [-0.4, -0.2) is 78.5 Å². The summed E-state index contributed by atoms with van der Waals surface area (Å²) < 4.78 is 5.50. The Kier molecular flexibility index (Phi) is 4.53. The third-order valence-corrected chi connectivity index (χ3v) is 6.84. The SMILES string of the molecule is O=C(O)N1CCC2(CC1)CNC(CN1CCOCC1)c1[nH]c3ccccc3c12. The van der Waals surface area contributed by atoms with Gasteiger partial charge in [0, 0.05) is 61.3 Å². The van der Waals surface area contributed by atoms with Crippen molar-refractivity contribution in [3.05, 3.63) is 35.5 Å². The van der Waals surface area contributed by atoms with Gasteiger partial charge in [0.1, 0.15) is 0 Å². The van der Waals surface area contributed by atoms with Gasteiger partial charge in [-0.25, -0.2) is 4.79 Å². The molecule has 0 aliphatic carbocycles. The molecule has 1 spiro atoms. The van der Waals surface area contributed by atoms with Gasteiger partial charge in [0.2, 0.25) is 0 Å². The molecular weight excluding hydrogens is 356 g/mol. The number of aromatic amines is 1. The molecule has 3 aliphatic rings. The molecule has 7 heteroatoms. The number of H-pyrrole nitrogens is 1. The summed E-state index contributed by atoms with van der Waals surface area (Å²) in [5.74, 6) is 0. The number of likely N-dealkylation sites (tertiary alicyclic amines) is 1. The fourth-order valence-corrected chi connectivity index (χ4v) is 5.26. The number of piperidine rings is 1. The number of hydrogen-bond donors (Lipinski definition) is 3. The molecule has 1 aromatic heterocycles. The number of carboxylic acid groups (broad SMARTS) is 1. The van der Waals surface area contributed by atoms with Crippen LogP contribution in [-0.2, 0) is 10.2 Å². The molecular formula is C21H28N4O3. The number of morpholine rings is 1. The molecule has 7 nitrogen and oxygen atoms in total.